The molecule has 0 aliphatic carbocycles. The summed E-state index contributed by atoms with van der Waals surface area (Å²) in [5.41, 5.74) is 2.11. The maximum atomic E-state index is 12.6. The van der Waals surface area contributed by atoms with Gasteiger partial charge in [0.15, 0.2) is 0 Å². The molecule has 20 heavy (non-hydrogen) atoms. The summed E-state index contributed by atoms with van der Waals surface area (Å²) in [5, 5.41) is 6.71. The summed E-state index contributed by atoms with van der Waals surface area (Å²) in [6.07, 6.45) is 3.54. The Bertz CT molecular complexity index is 480. The zero-order chi connectivity index (χ0) is 13.9. The summed E-state index contributed by atoms with van der Waals surface area (Å²) in [5.74, 6) is 1.04. The third-order valence-corrected chi connectivity index (χ3v) is 4.56. The van der Waals surface area contributed by atoms with Gasteiger partial charge in [0.1, 0.15) is 6.04 Å². The Morgan fingerprint density at radius 3 is 2.65 bits per heavy atom. The first-order chi connectivity index (χ1) is 9.78. The zero-order valence-corrected chi connectivity index (χ0v) is 12.1. The van der Waals surface area contributed by atoms with Crippen LogP contribution in [0.25, 0.3) is 0 Å². The number of anilines is 2. The number of para-hydroxylation sites is 2. The van der Waals surface area contributed by atoms with Crippen molar-refractivity contribution in [1.82, 2.24) is 4.90 Å². The number of likely N-dealkylation sites (tertiary alicyclic amines) is 1. The van der Waals surface area contributed by atoms with E-state index in [2.05, 4.69) is 17.6 Å². The SMILES string of the molecule is CCC1CCN(C(=O)C2CNc3ccccc3N2)CC1. The number of benzene rings is 1. The molecule has 0 aromatic heterocycles. The van der Waals surface area contributed by atoms with Gasteiger partial charge in [-0.1, -0.05) is 25.5 Å². The van der Waals surface area contributed by atoms with Crippen molar-refractivity contribution in [3.8, 4) is 0 Å². The van der Waals surface area contributed by atoms with Gasteiger partial charge in [0, 0.05) is 19.6 Å². The van der Waals surface area contributed by atoms with Gasteiger partial charge in [0.25, 0.3) is 0 Å². The van der Waals surface area contributed by atoms with Crippen molar-refractivity contribution in [1.29, 1.82) is 0 Å². The number of carbonyl (C=O) groups excluding carboxylic acids is 1. The topological polar surface area (TPSA) is 44.4 Å². The third-order valence-electron chi connectivity index (χ3n) is 4.56. The lowest BCUT2D eigenvalue weighted by Gasteiger charge is -2.36. The molecule has 2 aliphatic rings. The molecule has 2 N–H and O–H groups in total. The van der Waals surface area contributed by atoms with Crippen molar-refractivity contribution in [3.05, 3.63) is 24.3 Å². The Morgan fingerprint density at radius 2 is 1.95 bits per heavy atom. The molecule has 1 amide bonds. The van der Waals surface area contributed by atoms with E-state index in [1.165, 1.54) is 6.42 Å². The number of rotatable bonds is 2. The smallest absolute Gasteiger partial charge is 0.246 e. The molecule has 1 unspecified atom stereocenters. The molecular formula is C16H23N3O. The summed E-state index contributed by atoms with van der Waals surface area (Å²) < 4.78 is 0. The van der Waals surface area contributed by atoms with Crippen LogP contribution in [0.15, 0.2) is 24.3 Å². The van der Waals surface area contributed by atoms with Gasteiger partial charge in [-0.3, -0.25) is 4.79 Å². The van der Waals surface area contributed by atoms with Crippen LogP contribution >= 0.6 is 0 Å². The second kappa shape index (κ2) is 5.73. The lowest BCUT2D eigenvalue weighted by molar-refractivity contribution is -0.133. The quantitative estimate of drug-likeness (QED) is 0.870. The van der Waals surface area contributed by atoms with E-state index in [9.17, 15) is 4.79 Å². The molecule has 1 aromatic rings. The first kappa shape index (κ1) is 13.3. The minimum absolute atomic E-state index is 0.136. The highest BCUT2D eigenvalue weighted by Gasteiger charge is 2.29. The number of amides is 1. The molecule has 1 aromatic carbocycles. The van der Waals surface area contributed by atoms with Gasteiger partial charge in [-0.15, -0.1) is 0 Å². The maximum absolute atomic E-state index is 12.6. The van der Waals surface area contributed by atoms with E-state index in [0.29, 0.717) is 6.54 Å². The minimum atomic E-state index is -0.136. The molecule has 108 valence electrons. The minimum Gasteiger partial charge on any atom is -0.381 e. The number of carbonyl (C=O) groups is 1. The first-order valence-electron chi connectivity index (χ1n) is 7.66. The molecule has 0 spiro atoms. The lowest BCUT2D eigenvalue weighted by Crippen LogP contribution is -2.50. The largest absolute Gasteiger partial charge is 0.381 e. The van der Waals surface area contributed by atoms with E-state index >= 15 is 0 Å². The highest BCUT2D eigenvalue weighted by Crippen LogP contribution is 2.27. The van der Waals surface area contributed by atoms with Crippen LogP contribution in [0, 0.1) is 5.92 Å². The normalized spacial score (nSPS) is 22.6. The van der Waals surface area contributed by atoms with Crippen molar-refractivity contribution in [2.24, 2.45) is 5.92 Å². The van der Waals surface area contributed by atoms with Crippen LogP contribution in [0.2, 0.25) is 0 Å². The van der Waals surface area contributed by atoms with Crippen LogP contribution < -0.4 is 10.6 Å². The van der Waals surface area contributed by atoms with Gasteiger partial charge in [-0.05, 0) is 30.9 Å². The molecular weight excluding hydrogens is 250 g/mol. The fourth-order valence-electron chi connectivity index (χ4n) is 3.14. The first-order valence-corrected chi connectivity index (χ1v) is 7.66. The van der Waals surface area contributed by atoms with E-state index in [1.54, 1.807) is 0 Å². The molecule has 1 fully saturated rings. The molecule has 0 bridgehead atoms. The molecule has 4 nitrogen and oxygen atoms in total. The predicted molar refractivity (Wildman–Crippen MR) is 81.9 cm³/mol. The Balaban J connectivity index is 1.62. The number of piperidine rings is 1. The van der Waals surface area contributed by atoms with Crippen molar-refractivity contribution in [2.45, 2.75) is 32.2 Å². The molecule has 2 heterocycles. The van der Waals surface area contributed by atoms with Gasteiger partial charge in [0.05, 0.1) is 11.4 Å². The van der Waals surface area contributed by atoms with Gasteiger partial charge >= 0.3 is 0 Å². The van der Waals surface area contributed by atoms with Crippen LogP contribution in [-0.2, 0) is 4.79 Å². The van der Waals surface area contributed by atoms with E-state index in [1.807, 2.05) is 29.2 Å². The summed E-state index contributed by atoms with van der Waals surface area (Å²) >= 11 is 0. The summed E-state index contributed by atoms with van der Waals surface area (Å²) in [6.45, 7) is 4.74. The van der Waals surface area contributed by atoms with Crippen molar-refractivity contribution in [2.75, 3.05) is 30.3 Å². The second-order valence-electron chi connectivity index (χ2n) is 5.80. The standard InChI is InChI=1S/C16H23N3O/c1-2-12-7-9-19(10-8-12)16(20)15-11-17-13-5-3-4-6-14(13)18-15/h3-6,12,15,17-18H,2,7-11H2,1H3. The van der Waals surface area contributed by atoms with Crippen molar-refractivity contribution < 1.29 is 4.79 Å². The van der Waals surface area contributed by atoms with E-state index in [0.717, 1.165) is 43.2 Å². The van der Waals surface area contributed by atoms with Crippen LogP contribution in [0.5, 0.6) is 0 Å². The summed E-state index contributed by atoms with van der Waals surface area (Å²) in [7, 11) is 0. The van der Waals surface area contributed by atoms with E-state index < -0.39 is 0 Å². The van der Waals surface area contributed by atoms with Crippen molar-refractivity contribution in [3.63, 3.8) is 0 Å². The second-order valence-corrected chi connectivity index (χ2v) is 5.80. The van der Waals surface area contributed by atoms with Gasteiger partial charge < -0.3 is 15.5 Å². The Morgan fingerprint density at radius 1 is 1.25 bits per heavy atom. The average molecular weight is 273 g/mol. The van der Waals surface area contributed by atoms with Gasteiger partial charge in [0.2, 0.25) is 5.91 Å². The molecule has 1 atom stereocenters. The Kier molecular flexibility index (Phi) is 3.81. The summed E-state index contributed by atoms with van der Waals surface area (Å²) in [6, 6.07) is 7.92. The Hall–Kier alpha value is -1.71. The van der Waals surface area contributed by atoms with Crippen molar-refractivity contribution >= 4 is 17.3 Å². The highest BCUT2D eigenvalue weighted by atomic mass is 16.2. The summed E-state index contributed by atoms with van der Waals surface area (Å²) in [4.78, 5) is 14.6. The fourth-order valence-corrected chi connectivity index (χ4v) is 3.14. The third kappa shape index (κ3) is 2.60. The number of hydrogen-bond acceptors (Lipinski definition) is 3. The van der Waals surface area contributed by atoms with Crippen LogP contribution in [0.4, 0.5) is 11.4 Å². The zero-order valence-electron chi connectivity index (χ0n) is 12.1. The Labute approximate surface area is 120 Å². The number of nitrogens with one attached hydrogen (secondary N) is 2. The molecule has 0 radical (unpaired) electrons. The predicted octanol–water partition coefficient (Wildman–Crippen LogP) is 2.54. The number of fused-ring (bicyclic) bond motifs is 1. The fraction of sp³-hybridized carbons (Fsp3) is 0.562. The van der Waals surface area contributed by atoms with E-state index in [4.69, 9.17) is 0 Å². The van der Waals surface area contributed by atoms with Crippen LogP contribution in [0.3, 0.4) is 0 Å². The molecule has 0 saturated carbocycles. The lowest BCUT2D eigenvalue weighted by atomic mass is 9.94. The van der Waals surface area contributed by atoms with Gasteiger partial charge in [-0.25, -0.2) is 0 Å². The van der Waals surface area contributed by atoms with Crippen LogP contribution in [-0.4, -0.2) is 36.5 Å². The number of hydrogen-bond donors (Lipinski definition) is 2. The average Bonchev–Trinajstić information content (AvgIpc) is 2.54. The molecule has 4 heteroatoms. The number of nitrogens with zero attached hydrogens (tertiary/aromatic N) is 1. The monoisotopic (exact) mass is 273 g/mol. The van der Waals surface area contributed by atoms with Gasteiger partial charge in [-0.2, -0.15) is 0 Å². The van der Waals surface area contributed by atoms with E-state index in [-0.39, 0.29) is 11.9 Å². The maximum Gasteiger partial charge on any atom is 0.246 e. The molecule has 2 aliphatic heterocycles. The molecule has 3 rings (SSSR count). The van der Waals surface area contributed by atoms with Crippen LogP contribution in [0.1, 0.15) is 26.2 Å². The highest BCUT2D eigenvalue weighted by molar-refractivity contribution is 5.88. The molecule has 1 saturated heterocycles.